The molecule has 3 aromatic rings. The Balaban J connectivity index is 1.80. The number of carbonyl (C=O) groups excluding carboxylic acids is 2. The van der Waals surface area contributed by atoms with Crippen LogP contribution in [0.15, 0.2) is 34.4 Å². The minimum absolute atomic E-state index is 0.0606. The van der Waals surface area contributed by atoms with Crippen molar-refractivity contribution in [3.05, 3.63) is 51.3 Å². The van der Waals surface area contributed by atoms with Crippen LogP contribution in [0.25, 0.3) is 16.5 Å². The summed E-state index contributed by atoms with van der Waals surface area (Å²) in [6.45, 7) is 3.83. The van der Waals surface area contributed by atoms with Gasteiger partial charge in [-0.3, -0.25) is 9.59 Å². The van der Waals surface area contributed by atoms with Gasteiger partial charge in [0.25, 0.3) is 5.56 Å². The number of nitrogens with zero attached hydrogens (tertiary/aromatic N) is 2. The van der Waals surface area contributed by atoms with Crippen LogP contribution in [0.4, 0.5) is 5.00 Å². The lowest BCUT2D eigenvalue weighted by Gasteiger charge is -2.11. The molecule has 1 N–H and O–H groups in total. The molecule has 8 heteroatoms. The van der Waals surface area contributed by atoms with Crippen LogP contribution in [-0.2, 0) is 9.53 Å². The number of fused-ring (bicyclic) bond motifs is 1. The van der Waals surface area contributed by atoms with Gasteiger partial charge in [-0.2, -0.15) is 9.78 Å². The number of rotatable bonds is 6. The first-order chi connectivity index (χ1) is 15.0. The summed E-state index contributed by atoms with van der Waals surface area (Å²) in [5.74, 6) is -0.311. The number of aryl methyl sites for hydroxylation is 1. The third-order valence-electron chi connectivity index (χ3n) is 5.57. The molecule has 4 rings (SSSR count). The smallest absolute Gasteiger partial charge is 0.359 e. The van der Waals surface area contributed by atoms with Crippen LogP contribution in [0, 0.1) is 12.8 Å². The fourth-order valence-electron chi connectivity index (χ4n) is 4.08. The number of aromatic nitrogens is 2. The average Bonchev–Trinajstić information content (AvgIpc) is 3.39. The summed E-state index contributed by atoms with van der Waals surface area (Å²) in [5.41, 5.74) is 1.18. The average molecular weight is 440 g/mol. The van der Waals surface area contributed by atoms with Gasteiger partial charge in [0.2, 0.25) is 5.91 Å². The molecule has 0 aliphatic heterocycles. The second kappa shape index (κ2) is 9.01. The zero-order chi connectivity index (χ0) is 22.0. The van der Waals surface area contributed by atoms with Gasteiger partial charge in [-0.1, -0.05) is 25.0 Å². The van der Waals surface area contributed by atoms with E-state index >= 15 is 0 Å². The quantitative estimate of drug-likeness (QED) is 0.573. The van der Waals surface area contributed by atoms with E-state index in [0.29, 0.717) is 28.4 Å². The van der Waals surface area contributed by atoms with Crippen LogP contribution in [0.1, 0.15) is 55.1 Å². The first-order valence-electron chi connectivity index (χ1n) is 10.6. The monoisotopic (exact) mass is 439 g/mol. The summed E-state index contributed by atoms with van der Waals surface area (Å²) in [6, 6.07) is 7.32. The lowest BCUT2D eigenvalue weighted by molar-refractivity contribution is -0.117. The molecule has 1 fully saturated rings. The van der Waals surface area contributed by atoms with Gasteiger partial charge in [0.05, 0.1) is 17.7 Å². The van der Waals surface area contributed by atoms with E-state index < -0.39 is 5.97 Å². The molecule has 0 atom stereocenters. The van der Waals surface area contributed by atoms with Gasteiger partial charge in [-0.15, -0.1) is 11.3 Å². The van der Waals surface area contributed by atoms with Gasteiger partial charge < -0.3 is 10.1 Å². The molecule has 7 nitrogen and oxygen atoms in total. The molecule has 0 bridgehead atoms. The van der Waals surface area contributed by atoms with Gasteiger partial charge in [0.1, 0.15) is 5.00 Å². The van der Waals surface area contributed by atoms with Crippen molar-refractivity contribution in [1.82, 2.24) is 9.78 Å². The number of amides is 1. The van der Waals surface area contributed by atoms with E-state index in [2.05, 4.69) is 10.4 Å². The molecule has 162 valence electrons. The van der Waals surface area contributed by atoms with E-state index in [0.717, 1.165) is 31.2 Å². The van der Waals surface area contributed by atoms with Crippen LogP contribution >= 0.6 is 11.3 Å². The van der Waals surface area contributed by atoms with E-state index in [1.165, 1.54) is 16.0 Å². The predicted octanol–water partition coefficient (Wildman–Crippen LogP) is 4.45. The lowest BCUT2D eigenvalue weighted by Crippen LogP contribution is -2.25. The maximum Gasteiger partial charge on any atom is 0.359 e. The largest absolute Gasteiger partial charge is 0.461 e. The number of hydrogen-bond acceptors (Lipinski definition) is 6. The number of thiophene rings is 1. The maximum atomic E-state index is 13.4. The van der Waals surface area contributed by atoms with E-state index in [9.17, 15) is 14.4 Å². The standard InChI is InChI=1S/C23H25N3O4S/c1-3-30-23(29)20-17-13-31-21(24-18(27)12-15-8-4-5-9-15)19(17)22(28)26(25-20)16-10-6-7-14(2)11-16/h6-7,10-11,13,15H,3-5,8-9,12H2,1-2H3,(H,24,27). The van der Waals surface area contributed by atoms with Crippen molar-refractivity contribution in [3.8, 4) is 5.69 Å². The molecular weight excluding hydrogens is 414 g/mol. The minimum Gasteiger partial charge on any atom is -0.461 e. The van der Waals surface area contributed by atoms with Crippen molar-refractivity contribution in [2.24, 2.45) is 5.92 Å². The van der Waals surface area contributed by atoms with Crippen LogP contribution in [0.5, 0.6) is 0 Å². The molecule has 1 saturated carbocycles. The van der Waals surface area contributed by atoms with Crippen molar-refractivity contribution in [3.63, 3.8) is 0 Å². The van der Waals surface area contributed by atoms with Gasteiger partial charge in [-0.05, 0) is 50.3 Å². The summed E-state index contributed by atoms with van der Waals surface area (Å²) >= 11 is 1.23. The third kappa shape index (κ3) is 4.39. The zero-order valence-corrected chi connectivity index (χ0v) is 18.5. The van der Waals surface area contributed by atoms with Crippen molar-refractivity contribution >= 4 is 39.0 Å². The molecule has 1 amide bonds. The highest BCUT2D eigenvalue weighted by Crippen LogP contribution is 2.32. The Labute approximate surface area is 184 Å². The van der Waals surface area contributed by atoms with Crippen LogP contribution < -0.4 is 10.9 Å². The number of esters is 1. The van der Waals surface area contributed by atoms with E-state index in [-0.39, 0.29) is 29.2 Å². The number of benzene rings is 1. The molecule has 0 unspecified atom stereocenters. The topological polar surface area (TPSA) is 90.3 Å². The molecule has 31 heavy (non-hydrogen) atoms. The molecule has 0 spiro atoms. The van der Waals surface area contributed by atoms with E-state index in [1.807, 2.05) is 25.1 Å². The fourth-order valence-corrected chi connectivity index (χ4v) is 5.03. The third-order valence-corrected chi connectivity index (χ3v) is 6.46. The lowest BCUT2D eigenvalue weighted by atomic mass is 10.0. The molecule has 2 aromatic heterocycles. The Morgan fingerprint density at radius 1 is 1.29 bits per heavy atom. The zero-order valence-electron chi connectivity index (χ0n) is 17.6. The van der Waals surface area contributed by atoms with Gasteiger partial charge in [-0.25, -0.2) is 4.79 Å². The van der Waals surface area contributed by atoms with Crippen LogP contribution in [0.3, 0.4) is 0 Å². The number of nitrogens with one attached hydrogen (secondary N) is 1. The SMILES string of the molecule is CCOC(=O)c1nn(-c2cccc(C)c2)c(=O)c2c(NC(=O)CC3CCCC3)scc12. The Morgan fingerprint density at radius 2 is 2.06 bits per heavy atom. The second-order valence-electron chi connectivity index (χ2n) is 7.88. The summed E-state index contributed by atoms with van der Waals surface area (Å²) < 4.78 is 6.38. The Morgan fingerprint density at radius 3 is 2.77 bits per heavy atom. The van der Waals surface area contributed by atoms with E-state index in [1.54, 1.807) is 18.4 Å². The molecule has 0 radical (unpaired) electrons. The first kappa shape index (κ1) is 21.2. The summed E-state index contributed by atoms with van der Waals surface area (Å²) in [4.78, 5) is 38.6. The van der Waals surface area contributed by atoms with Crippen molar-refractivity contribution in [1.29, 1.82) is 0 Å². The minimum atomic E-state index is -0.601. The molecular formula is C23H25N3O4S. The molecule has 1 aromatic carbocycles. The first-order valence-corrected chi connectivity index (χ1v) is 11.4. The van der Waals surface area contributed by atoms with Crippen LogP contribution in [-0.4, -0.2) is 28.3 Å². The van der Waals surface area contributed by atoms with Gasteiger partial charge in [0.15, 0.2) is 5.69 Å². The highest BCUT2D eigenvalue weighted by atomic mass is 32.1. The highest BCUT2D eigenvalue weighted by molar-refractivity contribution is 7.16. The molecule has 1 aliphatic rings. The van der Waals surface area contributed by atoms with Gasteiger partial charge in [0, 0.05) is 17.2 Å². The predicted molar refractivity (Wildman–Crippen MR) is 121 cm³/mol. The molecule has 0 saturated heterocycles. The summed E-state index contributed by atoms with van der Waals surface area (Å²) in [7, 11) is 0. The maximum absolute atomic E-state index is 13.4. The van der Waals surface area contributed by atoms with Gasteiger partial charge >= 0.3 is 5.97 Å². The highest BCUT2D eigenvalue weighted by Gasteiger charge is 2.24. The second-order valence-corrected chi connectivity index (χ2v) is 8.76. The summed E-state index contributed by atoms with van der Waals surface area (Å²) in [5, 5.41) is 10.0. The number of carbonyl (C=O) groups is 2. The van der Waals surface area contributed by atoms with Crippen LogP contribution in [0.2, 0.25) is 0 Å². The normalized spacial score (nSPS) is 14.1. The molecule has 2 heterocycles. The number of ether oxygens (including phenoxy) is 1. The molecule has 1 aliphatic carbocycles. The number of anilines is 1. The Bertz CT molecular complexity index is 1190. The van der Waals surface area contributed by atoms with E-state index in [4.69, 9.17) is 4.74 Å². The Kier molecular flexibility index (Phi) is 6.18. The van der Waals surface area contributed by atoms with Crippen molar-refractivity contribution < 1.29 is 14.3 Å². The van der Waals surface area contributed by atoms with Crippen molar-refractivity contribution in [2.75, 3.05) is 11.9 Å². The Hall–Kier alpha value is -3.00. The van der Waals surface area contributed by atoms with Crippen molar-refractivity contribution in [2.45, 2.75) is 46.0 Å². The number of hydrogen-bond donors (Lipinski definition) is 1. The summed E-state index contributed by atoms with van der Waals surface area (Å²) in [6.07, 6.45) is 4.90. The fraction of sp³-hybridized carbons (Fsp3) is 0.391.